The van der Waals surface area contributed by atoms with E-state index < -0.39 is 0 Å². The Hall–Kier alpha value is -6.60. The molecule has 0 atom stereocenters. The Balaban J connectivity index is 1.35. The van der Waals surface area contributed by atoms with Gasteiger partial charge in [0.25, 0.3) is 0 Å². The van der Waals surface area contributed by atoms with Crippen LogP contribution in [0.5, 0.6) is 0 Å². The fourth-order valence-electron chi connectivity index (χ4n) is 6.64. The fourth-order valence-corrected chi connectivity index (χ4v) is 6.64. The highest BCUT2D eigenvalue weighted by molar-refractivity contribution is 5.99. The average molecular weight is 658 g/mol. The van der Waals surface area contributed by atoms with Crippen LogP contribution < -0.4 is 14.7 Å². The maximum atomic E-state index is 3.48. The van der Waals surface area contributed by atoms with Crippen LogP contribution in [-0.2, 0) is 0 Å². The number of nitrogens with zero attached hydrogens (tertiary/aromatic N) is 3. The van der Waals surface area contributed by atoms with Crippen LogP contribution in [0.15, 0.2) is 127 Å². The topological polar surface area (TPSA) is 9.72 Å². The quantitative estimate of drug-likeness (QED) is 0.175. The summed E-state index contributed by atoms with van der Waals surface area (Å²) in [6.07, 6.45) is 0. The molecule has 246 valence electrons. The van der Waals surface area contributed by atoms with Gasteiger partial charge in [0.1, 0.15) is 0 Å². The molecule has 3 heteroatoms. The maximum Gasteiger partial charge on any atom is 0.0441 e. The lowest BCUT2D eigenvalue weighted by atomic mass is 10.0. The summed E-state index contributed by atoms with van der Waals surface area (Å²) in [5, 5.41) is 6.94. The van der Waals surface area contributed by atoms with Crippen LogP contribution in [0.1, 0.15) is 33.4 Å². The zero-order chi connectivity index (χ0) is 35.5. The SMILES string of the molecule is CN(C)c1cccc2c(C#Cc3cc(C#Cc4cccc5c(N(C)C)cccc45)cc(C#Cc4cccc5c(N(C)C)cccc45)c3)cccc12. The Kier molecular flexibility index (Phi) is 9.10. The first-order valence-corrected chi connectivity index (χ1v) is 17.1. The van der Waals surface area contributed by atoms with Crippen LogP contribution in [0.25, 0.3) is 32.3 Å². The molecular formula is C48H39N3. The molecule has 0 spiro atoms. The Morgan fingerprint density at radius 2 is 0.549 bits per heavy atom. The lowest BCUT2D eigenvalue weighted by molar-refractivity contribution is 1.14. The van der Waals surface area contributed by atoms with Crippen molar-refractivity contribution in [1.29, 1.82) is 0 Å². The van der Waals surface area contributed by atoms with Crippen LogP contribution in [-0.4, -0.2) is 42.3 Å². The van der Waals surface area contributed by atoms with Crippen molar-refractivity contribution in [2.24, 2.45) is 0 Å². The molecule has 7 rings (SSSR count). The zero-order valence-corrected chi connectivity index (χ0v) is 30.0. The van der Waals surface area contributed by atoms with Gasteiger partial charge in [0, 0.05) is 109 Å². The third kappa shape index (κ3) is 6.82. The predicted molar refractivity (Wildman–Crippen MR) is 219 cm³/mol. The van der Waals surface area contributed by atoms with E-state index in [1.807, 2.05) is 0 Å². The summed E-state index contributed by atoms with van der Waals surface area (Å²) >= 11 is 0. The van der Waals surface area contributed by atoms with E-state index in [2.05, 4.69) is 220 Å². The number of hydrogen-bond acceptors (Lipinski definition) is 3. The fraction of sp³-hybridized carbons (Fsp3) is 0.125. The molecule has 0 unspecified atom stereocenters. The van der Waals surface area contributed by atoms with Gasteiger partial charge in [0.2, 0.25) is 0 Å². The molecule has 0 saturated carbocycles. The molecule has 0 aliphatic rings. The standard InChI is InChI=1S/C48H39N3/c1-49(2)46-22-10-16-40-37(13-7-19-43(40)46)28-25-34-31-35(26-29-38-14-8-20-44-41(38)17-11-23-47(44)50(3)4)33-36(32-34)27-30-39-15-9-21-45-42(39)18-12-24-48(45)51(5)6/h7-24,31-33H,1-6H3. The van der Waals surface area contributed by atoms with Gasteiger partial charge in [0.05, 0.1) is 0 Å². The van der Waals surface area contributed by atoms with Gasteiger partial charge in [-0.3, -0.25) is 0 Å². The molecule has 0 aromatic heterocycles. The average Bonchev–Trinajstić information content (AvgIpc) is 3.14. The number of hydrogen-bond donors (Lipinski definition) is 0. The van der Waals surface area contributed by atoms with Crippen molar-refractivity contribution in [3.05, 3.63) is 161 Å². The van der Waals surface area contributed by atoms with E-state index in [-0.39, 0.29) is 0 Å². The van der Waals surface area contributed by atoms with E-state index in [4.69, 9.17) is 0 Å². The number of benzene rings is 7. The van der Waals surface area contributed by atoms with Gasteiger partial charge >= 0.3 is 0 Å². The van der Waals surface area contributed by atoms with Gasteiger partial charge < -0.3 is 14.7 Å². The van der Waals surface area contributed by atoms with Crippen molar-refractivity contribution < 1.29 is 0 Å². The lowest BCUT2D eigenvalue weighted by Gasteiger charge is -2.15. The summed E-state index contributed by atoms with van der Waals surface area (Å²) in [5.74, 6) is 20.8. The van der Waals surface area contributed by atoms with Gasteiger partial charge in [-0.2, -0.15) is 0 Å². The first-order valence-electron chi connectivity index (χ1n) is 17.1. The van der Waals surface area contributed by atoms with Gasteiger partial charge in [-0.05, 0) is 70.8 Å². The number of anilines is 3. The Morgan fingerprint density at radius 3 is 0.824 bits per heavy atom. The van der Waals surface area contributed by atoms with Crippen LogP contribution in [0.3, 0.4) is 0 Å². The van der Waals surface area contributed by atoms with Gasteiger partial charge in [-0.1, -0.05) is 108 Å². The first kappa shape index (κ1) is 32.9. The van der Waals surface area contributed by atoms with Crippen molar-refractivity contribution in [2.75, 3.05) is 57.0 Å². The normalized spacial score (nSPS) is 10.5. The largest absolute Gasteiger partial charge is 0.377 e. The van der Waals surface area contributed by atoms with Crippen molar-refractivity contribution >= 4 is 49.4 Å². The molecular weight excluding hydrogens is 619 g/mol. The summed E-state index contributed by atoms with van der Waals surface area (Å²) in [4.78, 5) is 6.42. The van der Waals surface area contributed by atoms with E-state index in [9.17, 15) is 0 Å². The second kappa shape index (κ2) is 14.1. The highest BCUT2D eigenvalue weighted by atomic mass is 15.1. The van der Waals surface area contributed by atoms with Crippen molar-refractivity contribution in [3.63, 3.8) is 0 Å². The molecule has 0 aliphatic carbocycles. The van der Waals surface area contributed by atoms with Crippen LogP contribution in [0, 0.1) is 35.5 Å². The summed E-state index contributed by atoms with van der Waals surface area (Å²) < 4.78 is 0. The Bertz CT molecular complexity index is 2340. The zero-order valence-electron chi connectivity index (χ0n) is 30.0. The molecule has 0 N–H and O–H groups in total. The number of fused-ring (bicyclic) bond motifs is 3. The van der Waals surface area contributed by atoms with Gasteiger partial charge in [0.15, 0.2) is 0 Å². The van der Waals surface area contributed by atoms with Crippen molar-refractivity contribution in [3.8, 4) is 35.5 Å². The van der Waals surface area contributed by atoms with Gasteiger partial charge in [-0.25, -0.2) is 0 Å². The molecule has 51 heavy (non-hydrogen) atoms. The molecule has 0 radical (unpaired) electrons. The van der Waals surface area contributed by atoms with E-state index in [1.54, 1.807) is 0 Å². The predicted octanol–water partition coefficient (Wildman–Crippen LogP) is 9.54. The molecule has 0 saturated heterocycles. The molecule has 0 amide bonds. The van der Waals surface area contributed by atoms with Crippen LogP contribution in [0.4, 0.5) is 17.1 Å². The third-order valence-corrected chi connectivity index (χ3v) is 9.10. The smallest absolute Gasteiger partial charge is 0.0441 e. The van der Waals surface area contributed by atoms with Crippen LogP contribution in [0.2, 0.25) is 0 Å². The molecule has 0 bridgehead atoms. The molecule has 0 fully saturated rings. The minimum absolute atomic E-state index is 0.868. The molecule has 0 aliphatic heterocycles. The number of rotatable bonds is 3. The first-order chi connectivity index (χ1) is 24.8. The highest BCUT2D eigenvalue weighted by Gasteiger charge is 2.08. The third-order valence-electron chi connectivity index (χ3n) is 9.10. The minimum Gasteiger partial charge on any atom is -0.377 e. The lowest BCUT2D eigenvalue weighted by Crippen LogP contribution is -2.08. The van der Waals surface area contributed by atoms with E-state index in [1.165, 1.54) is 33.2 Å². The summed E-state index contributed by atoms with van der Waals surface area (Å²) in [6.45, 7) is 0. The molecule has 7 aromatic rings. The van der Waals surface area contributed by atoms with Crippen molar-refractivity contribution in [1.82, 2.24) is 0 Å². The Morgan fingerprint density at radius 1 is 0.294 bits per heavy atom. The molecule has 7 aromatic carbocycles. The second-order valence-corrected chi connectivity index (χ2v) is 13.3. The van der Waals surface area contributed by atoms with Gasteiger partial charge in [-0.15, -0.1) is 0 Å². The second-order valence-electron chi connectivity index (χ2n) is 13.3. The minimum atomic E-state index is 0.868. The summed E-state index contributed by atoms with van der Waals surface area (Å²) in [6, 6.07) is 44.3. The Labute approximate surface area is 301 Å². The van der Waals surface area contributed by atoms with E-state index in [0.717, 1.165) is 49.5 Å². The van der Waals surface area contributed by atoms with E-state index >= 15 is 0 Å². The highest BCUT2D eigenvalue weighted by Crippen LogP contribution is 2.30. The molecule has 3 nitrogen and oxygen atoms in total. The monoisotopic (exact) mass is 657 g/mol. The maximum absolute atomic E-state index is 3.48. The molecule has 0 heterocycles. The van der Waals surface area contributed by atoms with Crippen molar-refractivity contribution in [2.45, 2.75) is 0 Å². The summed E-state index contributed by atoms with van der Waals surface area (Å²) in [7, 11) is 12.4. The van der Waals surface area contributed by atoms with Crippen LogP contribution >= 0.6 is 0 Å². The summed E-state index contributed by atoms with van der Waals surface area (Å²) in [5.41, 5.74) is 9.07. The van der Waals surface area contributed by atoms with E-state index in [0.29, 0.717) is 0 Å².